The van der Waals surface area contributed by atoms with Crippen LogP contribution in [0.4, 0.5) is 0 Å². The fraction of sp³-hybridized carbons (Fsp3) is 0.167. The fourth-order valence-corrected chi connectivity index (χ4v) is 1.64. The van der Waals surface area contributed by atoms with Crippen molar-refractivity contribution < 1.29 is 14.6 Å². The molecule has 6 heteroatoms. The Labute approximate surface area is 102 Å². The highest BCUT2D eigenvalue weighted by Gasteiger charge is 2.21. The molecule has 1 heterocycles. The van der Waals surface area contributed by atoms with Gasteiger partial charge >= 0.3 is 5.97 Å². The first-order valence-corrected chi connectivity index (χ1v) is 5.41. The molecule has 0 amide bonds. The monoisotopic (exact) mass is 248 g/mol. The lowest BCUT2D eigenvalue weighted by atomic mass is 10.1. The second-order valence-electron chi connectivity index (χ2n) is 3.57. The summed E-state index contributed by atoms with van der Waals surface area (Å²) in [5.41, 5.74) is -0.138. The number of hydrogen-bond donors (Lipinski definition) is 3. The van der Waals surface area contributed by atoms with Gasteiger partial charge in [0.1, 0.15) is 5.75 Å². The van der Waals surface area contributed by atoms with Crippen LogP contribution in [0.5, 0.6) is 5.75 Å². The summed E-state index contributed by atoms with van der Waals surface area (Å²) in [4.78, 5) is 23.3. The summed E-state index contributed by atoms with van der Waals surface area (Å²) in [6, 6.07) is 6.40. The van der Waals surface area contributed by atoms with Gasteiger partial charge in [-0.25, -0.2) is 4.79 Å². The van der Waals surface area contributed by atoms with Crippen LogP contribution in [0, 0.1) is 0 Å². The van der Waals surface area contributed by atoms with Gasteiger partial charge in [-0.05, 0) is 19.1 Å². The number of esters is 1. The average Bonchev–Trinajstić information content (AvgIpc) is 2.72. The molecule has 0 fully saturated rings. The molecule has 0 unspecified atom stereocenters. The van der Waals surface area contributed by atoms with E-state index >= 15 is 0 Å². The quantitative estimate of drug-likeness (QED) is 0.712. The second kappa shape index (κ2) is 4.79. The maximum Gasteiger partial charge on any atom is 0.346 e. The Balaban J connectivity index is 2.57. The van der Waals surface area contributed by atoms with Gasteiger partial charge in [0.15, 0.2) is 5.56 Å². The van der Waals surface area contributed by atoms with Crippen molar-refractivity contribution in [2.45, 2.75) is 6.92 Å². The van der Waals surface area contributed by atoms with Crippen LogP contribution in [0.3, 0.4) is 0 Å². The van der Waals surface area contributed by atoms with Crippen molar-refractivity contribution in [3.63, 3.8) is 0 Å². The van der Waals surface area contributed by atoms with Crippen molar-refractivity contribution in [1.29, 1.82) is 0 Å². The SMILES string of the molecule is CCOC(=O)c1c(-c2ccccc2O)[nH][nH]c1=O. The smallest absolute Gasteiger partial charge is 0.346 e. The third kappa shape index (κ3) is 2.00. The first kappa shape index (κ1) is 12.0. The van der Waals surface area contributed by atoms with Crippen LogP contribution in [0.15, 0.2) is 29.1 Å². The van der Waals surface area contributed by atoms with E-state index in [1.807, 2.05) is 0 Å². The maximum atomic E-state index is 11.7. The number of carbonyl (C=O) groups is 1. The van der Waals surface area contributed by atoms with Crippen molar-refractivity contribution in [2.75, 3.05) is 6.61 Å². The van der Waals surface area contributed by atoms with Gasteiger partial charge < -0.3 is 9.84 Å². The van der Waals surface area contributed by atoms with Crippen LogP contribution in [-0.2, 0) is 4.74 Å². The Morgan fingerprint density at radius 3 is 2.72 bits per heavy atom. The molecule has 1 aromatic carbocycles. The maximum absolute atomic E-state index is 11.7. The zero-order chi connectivity index (χ0) is 13.1. The van der Waals surface area contributed by atoms with Gasteiger partial charge in [0.05, 0.1) is 12.3 Å². The molecule has 2 aromatic rings. The zero-order valence-electron chi connectivity index (χ0n) is 9.69. The summed E-state index contributed by atoms with van der Waals surface area (Å²) in [5, 5.41) is 14.6. The molecule has 0 bridgehead atoms. The number of aromatic nitrogens is 2. The second-order valence-corrected chi connectivity index (χ2v) is 3.57. The number of hydrogen-bond acceptors (Lipinski definition) is 4. The number of benzene rings is 1. The minimum atomic E-state index is -0.724. The van der Waals surface area contributed by atoms with Crippen LogP contribution < -0.4 is 5.56 Å². The van der Waals surface area contributed by atoms with Crippen LogP contribution >= 0.6 is 0 Å². The summed E-state index contributed by atoms with van der Waals surface area (Å²) < 4.78 is 4.81. The van der Waals surface area contributed by atoms with Crippen LogP contribution in [0.2, 0.25) is 0 Å². The van der Waals surface area contributed by atoms with Crippen molar-refractivity contribution in [3.05, 3.63) is 40.2 Å². The fourth-order valence-electron chi connectivity index (χ4n) is 1.64. The lowest BCUT2D eigenvalue weighted by molar-refractivity contribution is 0.0526. The number of aromatic amines is 2. The number of phenolic OH excluding ortho intramolecular Hbond substituents is 1. The number of ether oxygens (including phenoxy) is 1. The molecule has 0 aliphatic heterocycles. The molecule has 0 saturated heterocycles. The van der Waals surface area contributed by atoms with E-state index in [1.54, 1.807) is 25.1 Å². The number of aromatic hydroxyl groups is 1. The number of H-pyrrole nitrogens is 2. The molecule has 0 saturated carbocycles. The molecule has 0 aliphatic carbocycles. The molecule has 0 aliphatic rings. The van der Waals surface area contributed by atoms with Crippen molar-refractivity contribution >= 4 is 5.97 Å². The lowest BCUT2D eigenvalue weighted by Gasteiger charge is -2.04. The predicted octanol–water partition coefficient (Wildman–Crippen LogP) is 1.25. The van der Waals surface area contributed by atoms with Crippen LogP contribution in [0.1, 0.15) is 17.3 Å². The molecular weight excluding hydrogens is 236 g/mol. The largest absolute Gasteiger partial charge is 0.507 e. The third-order valence-electron chi connectivity index (χ3n) is 2.43. The van der Waals surface area contributed by atoms with E-state index < -0.39 is 11.5 Å². The highest BCUT2D eigenvalue weighted by atomic mass is 16.5. The standard InChI is InChI=1S/C12H12N2O4/c1-2-18-12(17)9-10(13-14-11(9)16)7-5-3-4-6-8(7)15/h3-6,15H,2H2,1H3,(H2,13,14,16). The molecule has 2 rings (SSSR count). The van der Waals surface area contributed by atoms with Crippen molar-refractivity contribution in [3.8, 4) is 17.0 Å². The van der Waals surface area contributed by atoms with E-state index in [4.69, 9.17) is 4.74 Å². The van der Waals surface area contributed by atoms with Crippen molar-refractivity contribution in [1.82, 2.24) is 10.2 Å². The molecule has 94 valence electrons. The first-order chi connectivity index (χ1) is 8.65. The van der Waals surface area contributed by atoms with Gasteiger partial charge in [0.2, 0.25) is 0 Å². The van der Waals surface area contributed by atoms with Gasteiger partial charge in [-0.1, -0.05) is 12.1 Å². The Hall–Kier alpha value is -2.50. The highest BCUT2D eigenvalue weighted by molar-refractivity contribution is 5.96. The number of rotatable bonds is 3. The summed E-state index contributed by atoms with van der Waals surface area (Å²) in [7, 11) is 0. The molecule has 3 N–H and O–H groups in total. The summed E-state index contributed by atoms with van der Waals surface area (Å²) in [5.74, 6) is -0.753. The van der Waals surface area contributed by atoms with E-state index in [2.05, 4.69) is 10.2 Å². The van der Waals surface area contributed by atoms with Gasteiger partial charge in [-0.15, -0.1) is 0 Å². The molecular formula is C12H12N2O4. The Morgan fingerprint density at radius 2 is 2.06 bits per heavy atom. The minimum Gasteiger partial charge on any atom is -0.507 e. The van der Waals surface area contributed by atoms with Gasteiger partial charge in [-0.3, -0.25) is 15.0 Å². The molecule has 0 spiro atoms. The molecule has 0 atom stereocenters. The van der Waals surface area contributed by atoms with Gasteiger partial charge in [0, 0.05) is 5.56 Å². The Morgan fingerprint density at radius 1 is 1.33 bits per heavy atom. The van der Waals surface area contributed by atoms with Gasteiger partial charge in [-0.2, -0.15) is 0 Å². The number of phenols is 1. The Kier molecular flexibility index (Phi) is 3.18. The third-order valence-corrected chi connectivity index (χ3v) is 2.43. The minimum absolute atomic E-state index is 0.0294. The van der Waals surface area contributed by atoms with Crippen LogP contribution in [0.25, 0.3) is 11.3 Å². The molecule has 0 radical (unpaired) electrons. The van der Waals surface area contributed by atoms with E-state index in [0.29, 0.717) is 5.56 Å². The molecule has 1 aromatic heterocycles. The molecule has 6 nitrogen and oxygen atoms in total. The predicted molar refractivity (Wildman–Crippen MR) is 64.5 cm³/mol. The lowest BCUT2D eigenvalue weighted by Crippen LogP contribution is -2.15. The Bertz CT molecular complexity index is 627. The first-order valence-electron chi connectivity index (χ1n) is 5.41. The number of nitrogens with one attached hydrogen (secondary N) is 2. The topological polar surface area (TPSA) is 95.2 Å². The summed E-state index contributed by atoms with van der Waals surface area (Å²) in [6.45, 7) is 1.82. The normalized spacial score (nSPS) is 10.3. The number of carbonyl (C=O) groups excluding carboxylic acids is 1. The van der Waals surface area contributed by atoms with Gasteiger partial charge in [0.25, 0.3) is 5.56 Å². The summed E-state index contributed by atoms with van der Waals surface area (Å²) >= 11 is 0. The van der Waals surface area contributed by atoms with E-state index in [1.165, 1.54) is 6.07 Å². The van der Waals surface area contributed by atoms with Crippen molar-refractivity contribution in [2.24, 2.45) is 0 Å². The summed E-state index contributed by atoms with van der Waals surface area (Å²) in [6.07, 6.45) is 0. The van der Waals surface area contributed by atoms with Crippen LogP contribution in [-0.4, -0.2) is 27.9 Å². The van der Waals surface area contributed by atoms with E-state index in [-0.39, 0.29) is 23.6 Å². The number of para-hydroxylation sites is 1. The zero-order valence-corrected chi connectivity index (χ0v) is 9.69. The highest BCUT2D eigenvalue weighted by Crippen LogP contribution is 2.28. The van der Waals surface area contributed by atoms with E-state index in [0.717, 1.165) is 0 Å². The van der Waals surface area contributed by atoms with E-state index in [9.17, 15) is 14.7 Å². The molecule has 18 heavy (non-hydrogen) atoms. The average molecular weight is 248 g/mol.